The highest BCUT2D eigenvalue weighted by molar-refractivity contribution is 7.73. The fourth-order valence-corrected chi connectivity index (χ4v) is 3.28. The van der Waals surface area contributed by atoms with E-state index in [0.717, 1.165) is 5.56 Å². The van der Waals surface area contributed by atoms with Gasteiger partial charge in [-0.1, -0.05) is 12.1 Å². The van der Waals surface area contributed by atoms with Crippen molar-refractivity contribution in [3.8, 4) is 11.5 Å². The number of hydrogen-bond acceptors (Lipinski definition) is 6. The quantitative estimate of drug-likeness (QED) is 0.585. The first kappa shape index (κ1) is 21.5. The van der Waals surface area contributed by atoms with E-state index in [0.29, 0.717) is 40.1 Å². The highest BCUT2D eigenvalue weighted by Gasteiger charge is 2.15. The predicted molar refractivity (Wildman–Crippen MR) is 111 cm³/mol. The van der Waals surface area contributed by atoms with Gasteiger partial charge < -0.3 is 9.47 Å². The van der Waals surface area contributed by atoms with Crippen LogP contribution in [0.25, 0.3) is 10.8 Å². The van der Waals surface area contributed by atoms with Gasteiger partial charge in [0.25, 0.3) is 5.56 Å². The molecule has 1 N–H and O–H groups in total. The molecule has 0 saturated heterocycles. The van der Waals surface area contributed by atoms with Gasteiger partial charge in [0, 0.05) is 24.5 Å². The molecule has 3 aromatic rings. The van der Waals surface area contributed by atoms with E-state index in [1.807, 2.05) is 6.07 Å². The Hall–Kier alpha value is -2.78. The highest BCUT2D eigenvalue weighted by atomic mass is 35.5. The summed E-state index contributed by atoms with van der Waals surface area (Å²) in [6.45, 7) is 0. The second-order valence-corrected chi connectivity index (χ2v) is 6.61. The van der Waals surface area contributed by atoms with E-state index in [1.54, 1.807) is 37.4 Å². The van der Waals surface area contributed by atoms with E-state index in [1.165, 1.54) is 18.9 Å². The Morgan fingerprint density at radius 3 is 2.32 bits per heavy atom. The first-order chi connectivity index (χ1) is 12.9. The number of aryl methyl sites for hydroxylation is 1. The molecule has 0 atom stereocenters. The van der Waals surface area contributed by atoms with Crippen molar-refractivity contribution in [2.75, 3.05) is 18.9 Å². The van der Waals surface area contributed by atoms with Gasteiger partial charge in [-0.25, -0.2) is 13.1 Å². The van der Waals surface area contributed by atoms with Crippen LogP contribution >= 0.6 is 12.4 Å². The van der Waals surface area contributed by atoms with Crippen LogP contribution in [0.2, 0.25) is 0 Å². The lowest BCUT2D eigenvalue weighted by Crippen LogP contribution is -2.21. The van der Waals surface area contributed by atoms with E-state index in [4.69, 9.17) is 9.47 Å². The van der Waals surface area contributed by atoms with Crippen LogP contribution in [0.5, 0.6) is 11.5 Å². The van der Waals surface area contributed by atoms with Crippen molar-refractivity contribution < 1.29 is 17.9 Å². The zero-order valence-electron chi connectivity index (χ0n) is 15.5. The Bertz CT molecular complexity index is 1140. The summed E-state index contributed by atoms with van der Waals surface area (Å²) < 4.78 is 36.0. The van der Waals surface area contributed by atoms with Gasteiger partial charge >= 0.3 is 0 Å². The molecule has 0 saturated carbocycles. The van der Waals surface area contributed by atoms with Crippen LogP contribution in [0.3, 0.4) is 0 Å². The third-order valence-electron chi connectivity index (χ3n) is 4.15. The normalized spacial score (nSPS) is 10.6. The summed E-state index contributed by atoms with van der Waals surface area (Å²) in [5.41, 5.74) is 1.74. The van der Waals surface area contributed by atoms with Gasteiger partial charge in [0.1, 0.15) is 0 Å². The summed E-state index contributed by atoms with van der Waals surface area (Å²) in [5.74, 6) is 0.963. The van der Waals surface area contributed by atoms with Gasteiger partial charge in [-0.3, -0.25) is 9.52 Å². The molecular weight excluding hydrogens is 406 g/mol. The molecule has 10 heteroatoms. The SMILES string of the molecule is COc1cc2c(Cc3cccc(N[SH](=O)=O)c3)nn(C)c(=O)c2cc1OC.Cl. The number of thiol groups is 1. The lowest BCUT2D eigenvalue weighted by Gasteiger charge is -2.13. The van der Waals surface area contributed by atoms with E-state index in [9.17, 15) is 13.2 Å². The average molecular weight is 426 g/mol. The molecule has 150 valence electrons. The van der Waals surface area contributed by atoms with E-state index < -0.39 is 10.9 Å². The molecule has 0 fully saturated rings. The maximum Gasteiger partial charge on any atom is 0.274 e. The Labute approximate surface area is 169 Å². The minimum absolute atomic E-state index is 0. The standard InChI is InChI=1S/C18H19N3O5S.ClH/c1-21-18(22)14-10-17(26-3)16(25-2)9-13(14)15(19-21)8-11-5-4-6-12(7-11)20-27(23)24;/h4-7,9-10,27H,8H2,1-3H3,(H,20,23,24);1H. The van der Waals surface area contributed by atoms with Gasteiger partial charge in [-0.2, -0.15) is 5.10 Å². The lowest BCUT2D eigenvalue weighted by molar-refractivity contribution is 0.355. The molecule has 0 aliphatic carbocycles. The summed E-state index contributed by atoms with van der Waals surface area (Å²) in [6.07, 6.45) is 0.408. The number of rotatable bonds is 6. The number of hydrogen-bond donors (Lipinski definition) is 2. The summed E-state index contributed by atoms with van der Waals surface area (Å²) in [5, 5.41) is 5.51. The van der Waals surface area contributed by atoms with Gasteiger partial charge in [0.15, 0.2) is 11.5 Å². The van der Waals surface area contributed by atoms with E-state index >= 15 is 0 Å². The minimum atomic E-state index is -2.74. The zero-order valence-corrected chi connectivity index (χ0v) is 17.2. The number of anilines is 1. The number of fused-ring (bicyclic) bond motifs is 1. The van der Waals surface area contributed by atoms with Gasteiger partial charge in [-0.05, 0) is 29.8 Å². The van der Waals surface area contributed by atoms with Gasteiger partial charge in [0.05, 0.1) is 25.3 Å². The maximum absolute atomic E-state index is 12.5. The molecule has 0 aliphatic rings. The van der Waals surface area contributed by atoms with Crippen LogP contribution in [0.1, 0.15) is 11.3 Å². The van der Waals surface area contributed by atoms with Gasteiger partial charge in [0.2, 0.25) is 10.9 Å². The fraction of sp³-hybridized carbons (Fsp3) is 0.222. The van der Waals surface area contributed by atoms with Crippen molar-refractivity contribution in [1.29, 1.82) is 0 Å². The molecule has 1 heterocycles. The third kappa shape index (κ3) is 4.37. The van der Waals surface area contributed by atoms with Crippen molar-refractivity contribution >= 4 is 39.8 Å². The van der Waals surface area contributed by atoms with Crippen LogP contribution in [-0.2, 0) is 24.4 Å². The van der Waals surface area contributed by atoms with Crippen molar-refractivity contribution in [2.24, 2.45) is 7.05 Å². The second kappa shape index (κ2) is 8.94. The number of nitrogens with zero attached hydrogens (tertiary/aromatic N) is 2. The van der Waals surface area contributed by atoms with Crippen LogP contribution < -0.4 is 19.8 Å². The Balaban J connectivity index is 0.00000280. The van der Waals surface area contributed by atoms with Crippen LogP contribution in [0, 0.1) is 0 Å². The fourth-order valence-electron chi connectivity index (χ4n) is 2.93. The van der Waals surface area contributed by atoms with E-state index in [-0.39, 0.29) is 18.0 Å². The smallest absolute Gasteiger partial charge is 0.274 e. The van der Waals surface area contributed by atoms with Gasteiger partial charge in [-0.15, -0.1) is 12.4 Å². The number of aromatic nitrogens is 2. The number of halogens is 1. The molecule has 1 aromatic heterocycles. The summed E-state index contributed by atoms with van der Waals surface area (Å²) >= 11 is 0. The molecule has 0 unspecified atom stereocenters. The summed E-state index contributed by atoms with van der Waals surface area (Å²) in [7, 11) is 1.88. The lowest BCUT2D eigenvalue weighted by atomic mass is 10.0. The average Bonchev–Trinajstić information content (AvgIpc) is 2.64. The molecule has 0 aliphatic heterocycles. The summed E-state index contributed by atoms with van der Waals surface area (Å²) in [6, 6.07) is 10.4. The van der Waals surface area contributed by atoms with Crippen LogP contribution in [0.15, 0.2) is 41.2 Å². The first-order valence-electron chi connectivity index (χ1n) is 8.05. The molecule has 0 amide bonds. The Morgan fingerprint density at radius 1 is 1.07 bits per heavy atom. The van der Waals surface area contributed by atoms with E-state index in [2.05, 4.69) is 9.82 Å². The van der Waals surface area contributed by atoms with Crippen LogP contribution in [0.4, 0.5) is 5.69 Å². The van der Waals surface area contributed by atoms with Crippen molar-refractivity contribution in [3.05, 3.63) is 58.0 Å². The molecule has 28 heavy (non-hydrogen) atoms. The van der Waals surface area contributed by atoms with Crippen molar-refractivity contribution in [3.63, 3.8) is 0 Å². The molecular formula is C18H20ClN3O5S. The molecule has 0 radical (unpaired) electrons. The van der Waals surface area contributed by atoms with Crippen molar-refractivity contribution in [2.45, 2.75) is 6.42 Å². The number of nitrogens with one attached hydrogen (secondary N) is 1. The first-order valence-corrected chi connectivity index (χ1v) is 9.22. The molecule has 0 spiro atoms. The number of methoxy groups -OCH3 is 2. The molecule has 0 bridgehead atoms. The van der Waals surface area contributed by atoms with Crippen LogP contribution in [-0.4, -0.2) is 32.4 Å². The third-order valence-corrected chi connectivity index (χ3v) is 4.59. The minimum Gasteiger partial charge on any atom is -0.493 e. The number of benzene rings is 2. The largest absolute Gasteiger partial charge is 0.493 e. The Kier molecular flexibility index (Phi) is 6.87. The zero-order chi connectivity index (χ0) is 19.6. The topological polar surface area (TPSA) is 99.5 Å². The molecule has 3 rings (SSSR count). The highest BCUT2D eigenvalue weighted by Crippen LogP contribution is 2.32. The Morgan fingerprint density at radius 2 is 1.71 bits per heavy atom. The second-order valence-electron chi connectivity index (χ2n) is 5.87. The molecule has 8 nitrogen and oxygen atoms in total. The summed E-state index contributed by atoms with van der Waals surface area (Å²) in [4.78, 5) is 12.5. The number of ether oxygens (including phenoxy) is 2. The monoisotopic (exact) mass is 425 g/mol. The predicted octanol–water partition coefficient (Wildman–Crippen LogP) is 1.90. The maximum atomic E-state index is 12.5. The van der Waals surface area contributed by atoms with Crippen molar-refractivity contribution in [1.82, 2.24) is 9.78 Å². The molecule has 2 aromatic carbocycles.